The molecule has 0 heterocycles. The van der Waals surface area contributed by atoms with Gasteiger partial charge in [0.15, 0.2) is 0 Å². The van der Waals surface area contributed by atoms with Crippen molar-refractivity contribution < 1.29 is 9.90 Å². The second-order valence-corrected chi connectivity index (χ2v) is 12.5. The van der Waals surface area contributed by atoms with Gasteiger partial charge in [-0.05, 0) is 117 Å². The third-order valence-electron chi connectivity index (χ3n) is 9.28. The van der Waals surface area contributed by atoms with Crippen molar-refractivity contribution >= 4 is 11.5 Å². The number of amides is 1. The smallest absolute Gasteiger partial charge is 0.251 e. The van der Waals surface area contributed by atoms with Gasteiger partial charge in [0.05, 0.1) is 6.10 Å². The van der Waals surface area contributed by atoms with E-state index in [2.05, 4.69) is 55.2 Å². The first-order chi connectivity index (χ1) is 19.5. The van der Waals surface area contributed by atoms with Crippen LogP contribution >= 0.6 is 0 Å². The summed E-state index contributed by atoms with van der Waals surface area (Å²) in [6.07, 6.45) is 25.5. The normalized spacial score (nSPS) is 24.7. The number of allylic oxidation sites excluding steroid dienone is 4. The van der Waals surface area contributed by atoms with Gasteiger partial charge >= 0.3 is 0 Å². The highest BCUT2D eigenvalue weighted by atomic mass is 16.3. The average molecular weight is 545 g/mol. The lowest BCUT2D eigenvalue weighted by Gasteiger charge is -2.33. The molecule has 218 valence electrons. The lowest BCUT2D eigenvalue weighted by Crippen LogP contribution is -2.34. The van der Waals surface area contributed by atoms with E-state index in [4.69, 9.17) is 5.73 Å². The first-order valence-corrected chi connectivity index (χ1v) is 16.0. The molecule has 1 fully saturated rings. The van der Waals surface area contributed by atoms with Crippen molar-refractivity contribution in [2.45, 2.75) is 109 Å². The standard InChI is InChI=1S/C36H52N2O2/c1-3-5-9-27-22-28(25-34(39)24-27)23-32-11-8-10-29-19-20-30(35(29)32)16-13-26-14-17-31(18-15-26)36(40)38-33(4-2)12-6-7-21-37/h4,8,10-11,14,17-18,20,26-28,33-34,39H,2-3,5-7,9,12-13,15-16,19,21-25,37H2,1H3,(H,38,40)/t26?,27-,28?,33+,34?/m0/s1. The van der Waals surface area contributed by atoms with Gasteiger partial charge in [-0.15, -0.1) is 6.58 Å². The molecule has 4 heteroatoms. The van der Waals surface area contributed by atoms with Gasteiger partial charge < -0.3 is 16.2 Å². The molecule has 0 saturated heterocycles. The van der Waals surface area contributed by atoms with Gasteiger partial charge in [0, 0.05) is 11.6 Å². The van der Waals surface area contributed by atoms with E-state index >= 15 is 0 Å². The maximum atomic E-state index is 12.8. The van der Waals surface area contributed by atoms with Crippen LogP contribution in [0.5, 0.6) is 0 Å². The van der Waals surface area contributed by atoms with Crippen molar-refractivity contribution in [3.8, 4) is 0 Å². The zero-order valence-electron chi connectivity index (χ0n) is 24.8. The van der Waals surface area contributed by atoms with E-state index in [1.165, 1.54) is 47.9 Å². The molecule has 1 aromatic carbocycles. The number of unbranched alkanes of at least 4 members (excludes halogenated alkanes) is 2. The molecule has 0 aliphatic heterocycles. The van der Waals surface area contributed by atoms with Crippen LogP contribution in [0.4, 0.5) is 0 Å². The van der Waals surface area contributed by atoms with Crippen LogP contribution in [0, 0.1) is 17.8 Å². The minimum Gasteiger partial charge on any atom is -0.393 e. The average Bonchev–Trinajstić information content (AvgIpc) is 3.38. The predicted octanol–water partition coefficient (Wildman–Crippen LogP) is 7.22. The summed E-state index contributed by atoms with van der Waals surface area (Å²) in [5, 5.41) is 13.7. The third kappa shape index (κ3) is 8.54. The Balaban J connectivity index is 1.30. The summed E-state index contributed by atoms with van der Waals surface area (Å²) in [5.74, 6) is 1.71. The van der Waals surface area contributed by atoms with Gasteiger partial charge in [-0.2, -0.15) is 0 Å². The molecule has 4 nitrogen and oxygen atoms in total. The van der Waals surface area contributed by atoms with E-state index in [9.17, 15) is 9.90 Å². The van der Waals surface area contributed by atoms with Gasteiger partial charge in [-0.1, -0.05) is 74.8 Å². The van der Waals surface area contributed by atoms with Crippen LogP contribution in [0.15, 0.2) is 60.7 Å². The molecule has 3 aliphatic carbocycles. The van der Waals surface area contributed by atoms with Crippen molar-refractivity contribution in [1.82, 2.24) is 5.32 Å². The van der Waals surface area contributed by atoms with Gasteiger partial charge in [-0.3, -0.25) is 4.79 Å². The number of rotatable bonds is 15. The molecule has 0 aromatic heterocycles. The second-order valence-electron chi connectivity index (χ2n) is 12.5. The Kier molecular flexibility index (Phi) is 11.9. The largest absolute Gasteiger partial charge is 0.393 e. The monoisotopic (exact) mass is 544 g/mol. The number of carbonyl (C=O) groups excluding carboxylic acids is 1. The number of hydrogen-bond donors (Lipinski definition) is 3. The SMILES string of the molecule is C=C[C@H](CCCCN)NC(=O)C1=CCC(CCC2=CCc3cccc(CC4CC(O)C[C@@H](CCCC)C4)c32)C=C1. The molecule has 5 atom stereocenters. The molecule has 1 amide bonds. The fourth-order valence-electron chi connectivity index (χ4n) is 7.10. The molecule has 1 saturated carbocycles. The number of carbonyl (C=O) groups is 1. The van der Waals surface area contributed by atoms with Crippen molar-refractivity contribution in [3.05, 3.63) is 77.4 Å². The molecule has 40 heavy (non-hydrogen) atoms. The summed E-state index contributed by atoms with van der Waals surface area (Å²) in [6, 6.07) is 6.85. The van der Waals surface area contributed by atoms with Gasteiger partial charge in [0.25, 0.3) is 5.91 Å². The molecule has 4 N–H and O–H groups in total. The number of nitrogens with one attached hydrogen (secondary N) is 1. The number of hydrogen-bond acceptors (Lipinski definition) is 3. The van der Waals surface area contributed by atoms with Crippen molar-refractivity contribution in [1.29, 1.82) is 0 Å². The van der Waals surface area contributed by atoms with Crippen LogP contribution in [0.3, 0.4) is 0 Å². The van der Waals surface area contributed by atoms with E-state index in [-0.39, 0.29) is 18.1 Å². The van der Waals surface area contributed by atoms with E-state index in [1.54, 1.807) is 0 Å². The van der Waals surface area contributed by atoms with Gasteiger partial charge in [-0.25, -0.2) is 0 Å². The minimum atomic E-state index is -0.135. The Labute approximate surface area is 242 Å². The summed E-state index contributed by atoms with van der Waals surface area (Å²) in [5.41, 5.74) is 12.3. The fraction of sp³-hybridized carbons (Fsp3) is 0.583. The number of nitrogens with two attached hydrogens (primary N) is 1. The number of aliphatic hydroxyl groups is 1. The number of aliphatic hydroxyl groups excluding tert-OH is 1. The maximum absolute atomic E-state index is 12.8. The molecule has 0 radical (unpaired) electrons. The molecular formula is C36H52N2O2. The maximum Gasteiger partial charge on any atom is 0.251 e. The van der Waals surface area contributed by atoms with E-state index in [1.807, 2.05) is 12.2 Å². The summed E-state index contributed by atoms with van der Waals surface area (Å²) < 4.78 is 0. The Morgan fingerprint density at radius 2 is 2.00 bits per heavy atom. The molecular weight excluding hydrogens is 492 g/mol. The molecule has 0 bridgehead atoms. The highest BCUT2D eigenvalue weighted by molar-refractivity contribution is 5.96. The molecule has 3 unspecified atom stereocenters. The lowest BCUT2D eigenvalue weighted by atomic mass is 9.74. The number of benzene rings is 1. The van der Waals surface area contributed by atoms with E-state index in [0.717, 1.165) is 69.8 Å². The summed E-state index contributed by atoms with van der Waals surface area (Å²) in [4.78, 5) is 12.8. The van der Waals surface area contributed by atoms with Crippen LogP contribution < -0.4 is 11.1 Å². The van der Waals surface area contributed by atoms with Crippen molar-refractivity contribution in [3.63, 3.8) is 0 Å². The van der Waals surface area contributed by atoms with Crippen molar-refractivity contribution in [2.75, 3.05) is 6.54 Å². The van der Waals surface area contributed by atoms with E-state index in [0.29, 0.717) is 24.3 Å². The topological polar surface area (TPSA) is 75.3 Å². The molecule has 1 aromatic rings. The first-order valence-electron chi connectivity index (χ1n) is 16.0. The van der Waals surface area contributed by atoms with Crippen LogP contribution in [-0.2, 0) is 17.6 Å². The predicted molar refractivity (Wildman–Crippen MR) is 168 cm³/mol. The third-order valence-corrected chi connectivity index (χ3v) is 9.28. The minimum absolute atomic E-state index is 0.00539. The lowest BCUT2D eigenvalue weighted by molar-refractivity contribution is -0.117. The van der Waals surface area contributed by atoms with Gasteiger partial charge in [0.2, 0.25) is 0 Å². The Morgan fingerprint density at radius 1 is 1.15 bits per heavy atom. The number of fused-ring (bicyclic) bond motifs is 1. The Hall–Kier alpha value is -2.43. The highest BCUT2D eigenvalue weighted by Crippen LogP contribution is 2.39. The zero-order chi connectivity index (χ0) is 28.3. The van der Waals surface area contributed by atoms with Crippen LogP contribution in [0.25, 0.3) is 5.57 Å². The highest BCUT2D eigenvalue weighted by Gasteiger charge is 2.29. The Bertz CT molecular complexity index is 1080. The molecule has 4 rings (SSSR count). The van der Waals surface area contributed by atoms with Gasteiger partial charge in [0.1, 0.15) is 0 Å². The van der Waals surface area contributed by atoms with Crippen LogP contribution in [-0.4, -0.2) is 29.7 Å². The molecule has 0 spiro atoms. The zero-order valence-corrected chi connectivity index (χ0v) is 24.8. The second kappa shape index (κ2) is 15.5. The van der Waals surface area contributed by atoms with Crippen LogP contribution in [0.2, 0.25) is 0 Å². The first kappa shape index (κ1) is 30.5. The van der Waals surface area contributed by atoms with E-state index < -0.39 is 0 Å². The summed E-state index contributed by atoms with van der Waals surface area (Å²) >= 11 is 0. The Morgan fingerprint density at radius 3 is 2.75 bits per heavy atom. The summed E-state index contributed by atoms with van der Waals surface area (Å²) in [6.45, 7) is 6.83. The van der Waals surface area contributed by atoms with Crippen LogP contribution in [0.1, 0.15) is 101 Å². The quantitative estimate of drug-likeness (QED) is 0.161. The fourth-order valence-corrected chi connectivity index (χ4v) is 7.10. The van der Waals surface area contributed by atoms with Crippen molar-refractivity contribution in [2.24, 2.45) is 23.5 Å². The molecule has 3 aliphatic rings. The summed E-state index contributed by atoms with van der Waals surface area (Å²) in [7, 11) is 0.